The van der Waals surface area contributed by atoms with Crippen LogP contribution in [-0.4, -0.2) is 48.3 Å². The van der Waals surface area contributed by atoms with Crippen molar-refractivity contribution in [2.45, 2.75) is 19.9 Å². The van der Waals surface area contributed by atoms with Gasteiger partial charge in [0.2, 0.25) is 11.8 Å². The first-order chi connectivity index (χ1) is 9.51. The second kappa shape index (κ2) is 7.65. The molecule has 0 heterocycles. The van der Waals surface area contributed by atoms with Crippen molar-refractivity contribution in [2.75, 3.05) is 26.7 Å². The Kier molecular flexibility index (Phi) is 6.18. The summed E-state index contributed by atoms with van der Waals surface area (Å²) in [7, 11) is 1.60. The lowest BCUT2D eigenvalue weighted by Gasteiger charge is -2.25. The van der Waals surface area contributed by atoms with Crippen LogP contribution in [0.1, 0.15) is 25.5 Å². The van der Waals surface area contributed by atoms with Crippen LogP contribution in [0.25, 0.3) is 0 Å². The van der Waals surface area contributed by atoms with Crippen LogP contribution in [0.5, 0.6) is 0 Å². The molecule has 2 N–H and O–H groups in total. The number of nitrogens with zero attached hydrogens (tertiary/aromatic N) is 2. The third-order valence-corrected chi connectivity index (χ3v) is 3.29. The summed E-state index contributed by atoms with van der Waals surface area (Å²) in [5.74, 6) is -0.317. The van der Waals surface area contributed by atoms with Crippen LogP contribution >= 0.6 is 0 Å². The highest BCUT2D eigenvalue weighted by Crippen LogP contribution is 2.12. The van der Waals surface area contributed by atoms with Crippen LogP contribution in [-0.2, 0) is 9.59 Å². The molecule has 0 unspecified atom stereocenters. The second-order valence-electron chi connectivity index (χ2n) is 4.65. The van der Waals surface area contributed by atoms with E-state index in [1.807, 2.05) is 44.2 Å². The molecule has 5 heteroatoms. The summed E-state index contributed by atoms with van der Waals surface area (Å²) in [4.78, 5) is 27.3. The molecule has 2 amide bonds. The van der Waals surface area contributed by atoms with E-state index in [1.54, 1.807) is 11.9 Å². The molecule has 0 aliphatic heterocycles. The van der Waals surface area contributed by atoms with Gasteiger partial charge in [-0.2, -0.15) is 0 Å². The highest BCUT2D eigenvalue weighted by molar-refractivity contribution is 5.88. The summed E-state index contributed by atoms with van der Waals surface area (Å²) < 4.78 is 0. The predicted molar refractivity (Wildman–Crippen MR) is 78.9 cm³/mol. The molecule has 0 spiro atoms. The number of hydrogen-bond donors (Lipinski definition) is 1. The Hall–Kier alpha value is -1.88. The lowest BCUT2D eigenvalue weighted by molar-refractivity contribution is -0.140. The predicted octanol–water partition coefficient (Wildman–Crippen LogP) is 1.01. The number of carbonyl (C=O) groups is 2. The van der Waals surface area contributed by atoms with E-state index in [4.69, 9.17) is 5.73 Å². The van der Waals surface area contributed by atoms with Gasteiger partial charge >= 0.3 is 0 Å². The van der Waals surface area contributed by atoms with Crippen molar-refractivity contribution in [2.24, 2.45) is 5.73 Å². The van der Waals surface area contributed by atoms with Gasteiger partial charge in [-0.15, -0.1) is 0 Å². The molecule has 0 bridgehead atoms. The van der Waals surface area contributed by atoms with Crippen molar-refractivity contribution in [3.63, 3.8) is 0 Å². The monoisotopic (exact) mass is 277 g/mol. The minimum atomic E-state index is -0.731. The fourth-order valence-corrected chi connectivity index (χ4v) is 2.00. The highest BCUT2D eigenvalue weighted by Gasteiger charge is 2.22. The lowest BCUT2D eigenvalue weighted by Crippen LogP contribution is -2.43. The van der Waals surface area contributed by atoms with Crippen LogP contribution in [0.2, 0.25) is 0 Å². The highest BCUT2D eigenvalue weighted by atomic mass is 16.2. The molecule has 1 aromatic carbocycles. The number of benzene rings is 1. The van der Waals surface area contributed by atoms with Crippen LogP contribution in [0.3, 0.4) is 0 Å². The molecule has 0 aliphatic carbocycles. The van der Waals surface area contributed by atoms with Gasteiger partial charge in [0.15, 0.2) is 0 Å². The third-order valence-electron chi connectivity index (χ3n) is 3.29. The Morgan fingerprint density at radius 3 is 2.20 bits per heavy atom. The van der Waals surface area contributed by atoms with Crippen molar-refractivity contribution in [3.05, 3.63) is 35.9 Å². The normalized spacial score (nSPS) is 11.8. The molecule has 5 nitrogen and oxygen atoms in total. The maximum Gasteiger partial charge on any atom is 0.244 e. The molecular weight excluding hydrogens is 254 g/mol. The van der Waals surface area contributed by atoms with Gasteiger partial charge in [0.05, 0.1) is 6.54 Å². The first-order valence-corrected chi connectivity index (χ1v) is 6.84. The van der Waals surface area contributed by atoms with E-state index in [9.17, 15) is 9.59 Å². The molecule has 0 saturated heterocycles. The third kappa shape index (κ3) is 4.06. The van der Waals surface area contributed by atoms with Gasteiger partial charge in [0.25, 0.3) is 0 Å². The van der Waals surface area contributed by atoms with Gasteiger partial charge in [-0.3, -0.25) is 9.59 Å². The van der Waals surface area contributed by atoms with Gasteiger partial charge in [-0.05, 0) is 19.4 Å². The van der Waals surface area contributed by atoms with Crippen molar-refractivity contribution in [1.82, 2.24) is 9.80 Å². The van der Waals surface area contributed by atoms with Crippen LogP contribution < -0.4 is 5.73 Å². The summed E-state index contributed by atoms with van der Waals surface area (Å²) in [6, 6.07) is 8.43. The average molecular weight is 277 g/mol. The molecule has 20 heavy (non-hydrogen) atoms. The zero-order valence-corrected chi connectivity index (χ0v) is 12.4. The lowest BCUT2D eigenvalue weighted by atomic mass is 10.1. The average Bonchev–Trinajstić information content (AvgIpc) is 2.47. The number of hydrogen-bond acceptors (Lipinski definition) is 3. The molecule has 110 valence electrons. The standard InChI is InChI=1S/C15H23N3O2/c1-4-18(5-2)13(19)11-17(3)15(20)14(16)12-9-7-6-8-10-12/h6-10,14H,4-5,11,16H2,1-3H3/t14-/m0/s1. The quantitative estimate of drug-likeness (QED) is 0.844. The van der Waals surface area contributed by atoms with E-state index < -0.39 is 6.04 Å². The zero-order chi connectivity index (χ0) is 15.1. The minimum Gasteiger partial charge on any atom is -0.342 e. The maximum absolute atomic E-state index is 12.2. The topological polar surface area (TPSA) is 66.6 Å². The zero-order valence-electron chi connectivity index (χ0n) is 12.4. The van der Waals surface area contributed by atoms with E-state index in [1.165, 1.54) is 4.90 Å². The fraction of sp³-hybridized carbons (Fsp3) is 0.467. The smallest absolute Gasteiger partial charge is 0.244 e. The first-order valence-electron chi connectivity index (χ1n) is 6.84. The van der Waals surface area contributed by atoms with Gasteiger partial charge in [-0.25, -0.2) is 0 Å². The van der Waals surface area contributed by atoms with Crippen LogP contribution in [0.15, 0.2) is 30.3 Å². The molecule has 1 aromatic rings. The molecule has 1 rings (SSSR count). The number of amides is 2. The second-order valence-corrected chi connectivity index (χ2v) is 4.65. The largest absolute Gasteiger partial charge is 0.342 e. The summed E-state index contributed by atoms with van der Waals surface area (Å²) >= 11 is 0. The molecular formula is C15H23N3O2. The molecule has 0 radical (unpaired) electrons. The summed E-state index contributed by atoms with van der Waals surface area (Å²) in [6.07, 6.45) is 0. The van der Waals surface area contributed by atoms with Crippen molar-refractivity contribution in [1.29, 1.82) is 0 Å². The van der Waals surface area contributed by atoms with E-state index in [0.29, 0.717) is 13.1 Å². The van der Waals surface area contributed by atoms with Crippen molar-refractivity contribution >= 4 is 11.8 Å². The van der Waals surface area contributed by atoms with Gasteiger partial charge in [0.1, 0.15) is 6.04 Å². The van der Waals surface area contributed by atoms with E-state index >= 15 is 0 Å². The van der Waals surface area contributed by atoms with E-state index in [0.717, 1.165) is 5.56 Å². The Bertz CT molecular complexity index is 444. The summed E-state index contributed by atoms with van der Waals surface area (Å²) in [5.41, 5.74) is 6.69. The molecule has 0 aliphatic rings. The van der Waals surface area contributed by atoms with Crippen molar-refractivity contribution < 1.29 is 9.59 Å². The van der Waals surface area contributed by atoms with E-state index in [2.05, 4.69) is 0 Å². The number of nitrogens with two attached hydrogens (primary N) is 1. The summed E-state index contributed by atoms with van der Waals surface area (Å²) in [5, 5.41) is 0. The molecule has 0 aromatic heterocycles. The van der Waals surface area contributed by atoms with Gasteiger partial charge in [-0.1, -0.05) is 30.3 Å². The van der Waals surface area contributed by atoms with Crippen molar-refractivity contribution in [3.8, 4) is 0 Å². The molecule has 0 saturated carbocycles. The van der Waals surface area contributed by atoms with Crippen LogP contribution in [0, 0.1) is 0 Å². The Labute approximate surface area is 120 Å². The molecule has 1 atom stereocenters. The fourth-order valence-electron chi connectivity index (χ4n) is 2.00. The van der Waals surface area contributed by atoms with Gasteiger partial charge in [0, 0.05) is 20.1 Å². The minimum absolute atomic E-state index is 0.0566. The maximum atomic E-state index is 12.2. The van der Waals surface area contributed by atoms with Gasteiger partial charge < -0.3 is 15.5 Å². The summed E-state index contributed by atoms with van der Waals surface area (Å²) in [6.45, 7) is 5.17. The first kappa shape index (κ1) is 16.2. The Balaban J connectivity index is 2.65. The number of rotatable bonds is 6. The Morgan fingerprint density at radius 1 is 1.15 bits per heavy atom. The van der Waals surface area contributed by atoms with E-state index in [-0.39, 0.29) is 18.4 Å². The molecule has 0 fully saturated rings. The SMILES string of the molecule is CCN(CC)C(=O)CN(C)C(=O)[C@@H](N)c1ccccc1. The Morgan fingerprint density at radius 2 is 1.70 bits per heavy atom. The number of likely N-dealkylation sites (N-methyl/N-ethyl adjacent to an activating group) is 2. The number of carbonyl (C=O) groups excluding carboxylic acids is 2. The van der Waals surface area contributed by atoms with Crippen LogP contribution in [0.4, 0.5) is 0 Å².